The summed E-state index contributed by atoms with van der Waals surface area (Å²) in [6, 6.07) is 8.77. The monoisotopic (exact) mass is 281 g/mol. The fourth-order valence-corrected chi connectivity index (χ4v) is 5.48. The number of nitrogens with one attached hydrogen (secondary N) is 1. The van der Waals surface area contributed by atoms with Crippen LogP contribution in [0, 0.1) is 39.8 Å². The number of H-pyrrole nitrogens is 1. The summed E-state index contributed by atoms with van der Waals surface area (Å²) in [6.45, 7) is 0. The number of fused-ring (bicyclic) bond motifs is 6. The topological polar surface area (TPSA) is 44.5 Å². The molecule has 2 aromatic rings. The highest BCUT2D eigenvalue weighted by Gasteiger charge is 2.66. The fourth-order valence-electron chi connectivity index (χ4n) is 5.16. The number of nitriles is 1. The van der Waals surface area contributed by atoms with E-state index in [1.807, 2.05) is 12.1 Å². The van der Waals surface area contributed by atoms with Gasteiger partial charge < -0.3 is 9.55 Å². The van der Waals surface area contributed by atoms with E-state index in [9.17, 15) is 5.26 Å². The second-order valence-corrected chi connectivity index (χ2v) is 6.98. The summed E-state index contributed by atoms with van der Waals surface area (Å²) in [4.78, 5) is 3.26. The molecule has 1 N–H and O–H groups in total. The van der Waals surface area contributed by atoms with Gasteiger partial charge in [0.1, 0.15) is 6.07 Å². The van der Waals surface area contributed by atoms with Gasteiger partial charge in [-0.15, -0.1) is 0 Å². The van der Waals surface area contributed by atoms with Crippen molar-refractivity contribution in [3.05, 3.63) is 28.5 Å². The number of imidazole rings is 1. The van der Waals surface area contributed by atoms with Gasteiger partial charge in [-0.25, -0.2) is 0 Å². The summed E-state index contributed by atoms with van der Waals surface area (Å²) in [5.74, 6) is 3.57. The smallest absolute Gasteiger partial charge is 0.178 e. The standard InChI is InChI=1S/C16H15N3S/c17-7-10-2-1-3-11-14(10)18-16(20)19(11)15-12-8-4-5-9(6-8)13(12)15/h1-3,8-9,12-13,15H,4-6H2,(H,18,20). The van der Waals surface area contributed by atoms with E-state index in [0.29, 0.717) is 11.6 Å². The second-order valence-electron chi connectivity index (χ2n) is 6.59. The van der Waals surface area contributed by atoms with Crippen LogP contribution in [0.15, 0.2) is 18.2 Å². The fraction of sp³-hybridized carbons (Fsp3) is 0.500. The maximum absolute atomic E-state index is 9.23. The molecule has 100 valence electrons. The average molecular weight is 281 g/mol. The molecule has 3 nitrogen and oxygen atoms in total. The lowest BCUT2D eigenvalue weighted by Crippen LogP contribution is -2.05. The van der Waals surface area contributed by atoms with Crippen molar-refractivity contribution >= 4 is 23.3 Å². The molecule has 0 aliphatic heterocycles. The first kappa shape index (κ1) is 11.1. The van der Waals surface area contributed by atoms with E-state index in [1.54, 1.807) is 0 Å². The van der Waals surface area contributed by atoms with Gasteiger partial charge in [-0.05, 0) is 67.3 Å². The normalized spacial score (nSPS) is 37.0. The number of nitrogens with zero attached hydrogens (tertiary/aromatic N) is 2. The average Bonchev–Trinajstić information content (AvgIpc) is 2.79. The molecule has 5 rings (SSSR count). The van der Waals surface area contributed by atoms with Gasteiger partial charge in [-0.2, -0.15) is 5.26 Å². The molecule has 0 radical (unpaired) electrons. The number of para-hydroxylation sites is 1. The van der Waals surface area contributed by atoms with Gasteiger partial charge in [0.05, 0.1) is 16.6 Å². The molecule has 1 aromatic heterocycles. The molecule has 4 atom stereocenters. The minimum Gasteiger partial charge on any atom is -0.329 e. The van der Waals surface area contributed by atoms with E-state index < -0.39 is 0 Å². The van der Waals surface area contributed by atoms with Gasteiger partial charge in [-0.1, -0.05) is 6.07 Å². The zero-order valence-electron chi connectivity index (χ0n) is 11.0. The maximum Gasteiger partial charge on any atom is 0.178 e. The summed E-state index contributed by atoms with van der Waals surface area (Å²) >= 11 is 5.55. The Labute approximate surface area is 122 Å². The van der Waals surface area contributed by atoms with Crippen LogP contribution in [0.3, 0.4) is 0 Å². The molecule has 3 aliphatic carbocycles. The Bertz CT molecular complexity index is 808. The van der Waals surface area contributed by atoms with Gasteiger partial charge in [0, 0.05) is 6.04 Å². The highest BCUT2D eigenvalue weighted by atomic mass is 32.1. The third-order valence-electron chi connectivity index (χ3n) is 5.87. The molecule has 4 unspecified atom stereocenters. The second kappa shape index (κ2) is 3.53. The zero-order valence-corrected chi connectivity index (χ0v) is 11.9. The predicted octanol–water partition coefficient (Wildman–Crippen LogP) is 3.79. The molecule has 0 saturated heterocycles. The molecule has 3 aliphatic rings. The molecule has 3 fully saturated rings. The molecule has 0 amide bonds. The lowest BCUT2D eigenvalue weighted by Gasteiger charge is -2.11. The van der Waals surface area contributed by atoms with Gasteiger partial charge in [-0.3, -0.25) is 0 Å². The van der Waals surface area contributed by atoms with Crippen LogP contribution < -0.4 is 0 Å². The first-order valence-electron chi connectivity index (χ1n) is 7.43. The van der Waals surface area contributed by atoms with Crippen molar-refractivity contribution in [2.24, 2.45) is 23.7 Å². The third-order valence-corrected chi connectivity index (χ3v) is 6.16. The van der Waals surface area contributed by atoms with Crippen molar-refractivity contribution in [1.29, 1.82) is 5.26 Å². The molecule has 1 heterocycles. The zero-order chi connectivity index (χ0) is 13.4. The van der Waals surface area contributed by atoms with Crippen LogP contribution in [0.5, 0.6) is 0 Å². The molecular formula is C16H15N3S. The van der Waals surface area contributed by atoms with Gasteiger partial charge in [0.15, 0.2) is 4.77 Å². The van der Waals surface area contributed by atoms with Crippen LogP contribution in [0.25, 0.3) is 11.0 Å². The SMILES string of the molecule is N#Cc1cccc2c1[nH]c(=S)n2C1C2C3CCC(C3)C21. The summed E-state index contributed by atoms with van der Waals surface area (Å²) in [5, 5.41) is 9.23. The van der Waals surface area contributed by atoms with Crippen LogP contribution in [-0.2, 0) is 0 Å². The van der Waals surface area contributed by atoms with E-state index >= 15 is 0 Å². The summed E-state index contributed by atoms with van der Waals surface area (Å²) in [6.07, 6.45) is 4.29. The van der Waals surface area contributed by atoms with Crippen LogP contribution in [0.4, 0.5) is 0 Å². The van der Waals surface area contributed by atoms with E-state index in [2.05, 4.69) is 21.7 Å². The van der Waals surface area contributed by atoms with Crippen LogP contribution >= 0.6 is 12.2 Å². The van der Waals surface area contributed by atoms with Gasteiger partial charge >= 0.3 is 0 Å². The largest absolute Gasteiger partial charge is 0.329 e. The lowest BCUT2D eigenvalue weighted by molar-refractivity contribution is 0.456. The van der Waals surface area contributed by atoms with E-state index in [0.717, 1.165) is 39.5 Å². The summed E-state index contributed by atoms with van der Waals surface area (Å²) < 4.78 is 3.10. The van der Waals surface area contributed by atoms with Crippen molar-refractivity contribution in [3.8, 4) is 6.07 Å². The van der Waals surface area contributed by atoms with E-state index in [1.165, 1.54) is 19.3 Å². The Balaban J connectivity index is 1.70. The first-order valence-corrected chi connectivity index (χ1v) is 7.84. The van der Waals surface area contributed by atoms with Crippen LogP contribution in [-0.4, -0.2) is 9.55 Å². The van der Waals surface area contributed by atoms with Crippen molar-refractivity contribution < 1.29 is 0 Å². The molecular weight excluding hydrogens is 266 g/mol. The third kappa shape index (κ3) is 1.18. The molecule has 4 heteroatoms. The number of aromatic amines is 1. The number of rotatable bonds is 1. The summed E-state index contributed by atoms with van der Waals surface area (Å²) in [5.41, 5.74) is 2.73. The Kier molecular flexibility index (Phi) is 1.96. The van der Waals surface area contributed by atoms with E-state index in [4.69, 9.17) is 12.2 Å². The molecule has 2 bridgehead atoms. The molecule has 1 aromatic carbocycles. The number of benzene rings is 1. The molecule has 3 saturated carbocycles. The lowest BCUT2D eigenvalue weighted by atomic mass is 10.0. The van der Waals surface area contributed by atoms with Crippen molar-refractivity contribution in [1.82, 2.24) is 9.55 Å². The van der Waals surface area contributed by atoms with Gasteiger partial charge in [0.2, 0.25) is 0 Å². The Morgan fingerprint density at radius 1 is 1.25 bits per heavy atom. The minimum atomic E-state index is 0.594. The van der Waals surface area contributed by atoms with E-state index in [-0.39, 0.29) is 0 Å². The highest BCUT2D eigenvalue weighted by Crippen LogP contribution is 2.71. The minimum absolute atomic E-state index is 0.594. The van der Waals surface area contributed by atoms with Crippen LogP contribution in [0.1, 0.15) is 30.9 Å². The highest BCUT2D eigenvalue weighted by molar-refractivity contribution is 7.71. The van der Waals surface area contributed by atoms with Crippen molar-refractivity contribution in [2.75, 3.05) is 0 Å². The van der Waals surface area contributed by atoms with Crippen LogP contribution in [0.2, 0.25) is 0 Å². The molecule has 20 heavy (non-hydrogen) atoms. The Hall–Kier alpha value is -1.60. The number of hydrogen-bond acceptors (Lipinski definition) is 2. The molecule has 0 spiro atoms. The maximum atomic E-state index is 9.23. The Morgan fingerprint density at radius 3 is 2.70 bits per heavy atom. The number of aromatic nitrogens is 2. The van der Waals surface area contributed by atoms with Crippen molar-refractivity contribution in [2.45, 2.75) is 25.3 Å². The Morgan fingerprint density at radius 2 is 2.00 bits per heavy atom. The van der Waals surface area contributed by atoms with Crippen molar-refractivity contribution in [3.63, 3.8) is 0 Å². The number of hydrogen-bond donors (Lipinski definition) is 1. The quantitative estimate of drug-likeness (QED) is 0.808. The van der Waals surface area contributed by atoms with Gasteiger partial charge in [0.25, 0.3) is 0 Å². The summed E-state index contributed by atoms with van der Waals surface area (Å²) in [7, 11) is 0. The first-order chi connectivity index (χ1) is 9.79. The predicted molar refractivity (Wildman–Crippen MR) is 78.7 cm³/mol.